The van der Waals surface area contributed by atoms with Gasteiger partial charge in [-0.1, -0.05) is 31.4 Å². The molecule has 0 radical (unpaired) electrons. The van der Waals surface area contributed by atoms with Crippen molar-refractivity contribution in [1.82, 2.24) is 19.4 Å². The topological polar surface area (TPSA) is 67.7 Å². The Hall–Kier alpha value is -2.83. The van der Waals surface area contributed by atoms with Gasteiger partial charge in [0.15, 0.2) is 0 Å². The van der Waals surface area contributed by atoms with Crippen molar-refractivity contribution in [2.24, 2.45) is 7.05 Å². The number of amides is 2. The first-order chi connectivity index (χ1) is 15.5. The molecule has 1 aliphatic carbocycles. The SMILES string of the molecule is CN1CCCCCCN(C(=O)c2cn(C)cn2)[C@@H]2CCCC[C@@H]2Oc2ccccc2C1=O. The van der Waals surface area contributed by atoms with Crippen LogP contribution in [0.2, 0.25) is 0 Å². The molecule has 1 aliphatic heterocycles. The number of para-hydroxylation sites is 1. The second-order valence-corrected chi connectivity index (χ2v) is 9.07. The standard InChI is InChI=1S/C25H34N4O3/c1-27-17-20(26-18-27)25(31)29-16-10-4-3-9-15-28(2)24(30)19-11-5-7-13-22(19)32-23-14-8-6-12-21(23)29/h5,7,11,13,17-18,21,23H,3-4,6,8-10,12,14-16H2,1-2H3/t21-,23+/m1/s1. The normalized spacial score (nSPS) is 23.0. The van der Waals surface area contributed by atoms with Gasteiger partial charge in [0.1, 0.15) is 17.5 Å². The minimum absolute atomic E-state index is 0.00793. The summed E-state index contributed by atoms with van der Waals surface area (Å²) in [6, 6.07) is 7.48. The van der Waals surface area contributed by atoms with Gasteiger partial charge in [-0.3, -0.25) is 9.59 Å². The molecule has 1 fully saturated rings. The summed E-state index contributed by atoms with van der Waals surface area (Å²) in [4.78, 5) is 34.7. The fraction of sp³-hybridized carbons (Fsp3) is 0.560. The largest absolute Gasteiger partial charge is 0.487 e. The van der Waals surface area contributed by atoms with Crippen molar-refractivity contribution >= 4 is 11.8 Å². The van der Waals surface area contributed by atoms with Gasteiger partial charge in [-0.05, 0) is 44.2 Å². The third-order valence-corrected chi connectivity index (χ3v) is 6.64. The summed E-state index contributed by atoms with van der Waals surface area (Å²) in [7, 11) is 3.74. The highest BCUT2D eigenvalue weighted by Crippen LogP contribution is 2.31. The highest BCUT2D eigenvalue weighted by atomic mass is 16.5. The Morgan fingerprint density at radius 3 is 2.53 bits per heavy atom. The van der Waals surface area contributed by atoms with Crippen LogP contribution in [0.15, 0.2) is 36.8 Å². The van der Waals surface area contributed by atoms with Crippen LogP contribution in [-0.2, 0) is 7.05 Å². The molecule has 0 spiro atoms. The van der Waals surface area contributed by atoms with Crippen molar-refractivity contribution in [2.75, 3.05) is 20.1 Å². The Morgan fingerprint density at radius 1 is 1.00 bits per heavy atom. The zero-order chi connectivity index (χ0) is 22.5. The Kier molecular flexibility index (Phi) is 7.12. The summed E-state index contributed by atoms with van der Waals surface area (Å²) in [6.45, 7) is 1.42. The van der Waals surface area contributed by atoms with Crippen LogP contribution in [0.3, 0.4) is 0 Å². The lowest BCUT2D eigenvalue weighted by Gasteiger charge is -2.40. The van der Waals surface area contributed by atoms with Crippen molar-refractivity contribution in [3.05, 3.63) is 48.0 Å². The number of imidazole rings is 1. The molecule has 0 saturated heterocycles. The monoisotopic (exact) mass is 438 g/mol. The van der Waals surface area contributed by atoms with E-state index >= 15 is 0 Å². The minimum atomic E-state index is -0.140. The smallest absolute Gasteiger partial charge is 0.274 e. The first kappa shape index (κ1) is 22.4. The molecule has 0 bridgehead atoms. The van der Waals surface area contributed by atoms with Crippen LogP contribution in [0.1, 0.15) is 72.2 Å². The van der Waals surface area contributed by atoms with Gasteiger partial charge in [-0.2, -0.15) is 0 Å². The molecule has 2 heterocycles. The lowest BCUT2D eigenvalue weighted by atomic mass is 9.90. The molecular formula is C25H34N4O3. The Balaban J connectivity index is 1.67. The number of fused-ring (bicyclic) bond motifs is 2. The zero-order valence-electron chi connectivity index (χ0n) is 19.2. The van der Waals surface area contributed by atoms with Crippen LogP contribution in [-0.4, -0.2) is 63.4 Å². The third kappa shape index (κ3) is 4.97. The van der Waals surface area contributed by atoms with Gasteiger partial charge < -0.3 is 19.1 Å². The number of aryl methyl sites for hydroxylation is 1. The number of aromatic nitrogens is 2. The van der Waals surface area contributed by atoms with Crippen molar-refractivity contribution in [3.63, 3.8) is 0 Å². The molecular weight excluding hydrogens is 404 g/mol. The molecule has 7 nitrogen and oxygen atoms in total. The van der Waals surface area contributed by atoms with Crippen LogP contribution in [0, 0.1) is 0 Å². The maximum absolute atomic E-state index is 13.5. The molecule has 2 amide bonds. The first-order valence-corrected chi connectivity index (χ1v) is 11.8. The second kappa shape index (κ2) is 10.2. The van der Waals surface area contributed by atoms with E-state index in [2.05, 4.69) is 4.98 Å². The second-order valence-electron chi connectivity index (χ2n) is 9.07. The predicted octanol–water partition coefficient (Wildman–Crippen LogP) is 3.90. The highest BCUT2D eigenvalue weighted by molar-refractivity contribution is 5.96. The molecule has 0 unspecified atom stereocenters. The van der Waals surface area contributed by atoms with Crippen LogP contribution in [0.4, 0.5) is 0 Å². The molecule has 172 valence electrons. The van der Waals surface area contributed by atoms with Crippen LogP contribution in [0.5, 0.6) is 5.75 Å². The fourth-order valence-electron chi connectivity index (χ4n) is 4.86. The number of nitrogens with zero attached hydrogens (tertiary/aromatic N) is 4. The summed E-state index contributed by atoms with van der Waals surface area (Å²) >= 11 is 0. The van der Waals surface area contributed by atoms with E-state index in [4.69, 9.17) is 4.74 Å². The van der Waals surface area contributed by atoms with Gasteiger partial charge in [0.05, 0.1) is 17.9 Å². The van der Waals surface area contributed by atoms with Crippen molar-refractivity contribution in [2.45, 2.75) is 63.5 Å². The quantitative estimate of drug-likeness (QED) is 0.677. The molecule has 2 aliphatic rings. The van der Waals surface area contributed by atoms with E-state index in [-0.39, 0.29) is 24.0 Å². The van der Waals surface area contributed by atoms with Gasteiger partial charge in [0.25, 0.3) is 11.8 Å². The average molecular weight is 439 g/mol. The van der Waals surface area contributed by atoms with E-state index in [0.29, 0.717) is 23.6 Å². The number of ether oxygens (including phenoxy) is 1. The average Bonchev–Trinajstić information content (AvgIpc) is 3.24. The van der Waals surface area contributed by atoms with Gasteiger partial charge in [0, 0.05) is 33.4 Å². The fourth-order valence-corrected chi connectivity index (χ4v) is 4.86. The number of carbonyl (C=O) groups excluding carboxylic acids is 2. The highest BCUT2D eigenvalue weighted by Gasteiger charge is 2.36. The summed E-state index contributed by atoms with van der Waals surface area (Å²) < 4.78 is 8.33. The van der Waals surface area contributed by atoms with Gasteiger partial charge in [-0.15, -0.1) is 0 Å². The molecule has 2 atom stereocenters. The summed E-state index contributed by atoms with van der Waals surface area (Å²) in [6.07, 6.45) is 11.2. The van der Waals surface area contributed by atoms with E-state index in [1.807, 2.05) is 47.8 Å². The predicted molar refractivity (Wildman–Crippen MR) is 123 cm³/mol. The third-order valence-electron chi connectivity index (χ3n) is 6.64. The Bertz CT molecular complexity index is 941. The van der Waals surface area contributed by atoms with Gasteiger partial charge in [0.2, 0.25) is 0 Å². The lowest BCUT2D eigenvalue weighted by Crippen LogP contribution is -2.51. The van der Waals surface area contributed by atoms with Crippen molar-refractivity contribution < 1.29 is 14.3 Å². The molecule has 32 heavy (non-hydrogen) atoms. The van der Waals surface area contributed by atoms with Crippen LogP contribution < -0.4 is 4.74 Å². The number of rotatable bonds is 1. The number of hydrogen-bond acceptors (Lipinski definition) is 4. The van der Waals surface area contributed by atoms with Crippen molar-refractivity contribution in [1.29, 1.82) is 0 Å². The zero-order valence-corrected chi connectivity index (χ0v) is 19.2. The Labute approximate surface area is 190 Å². The number of benzene rings is 1. The molecule has 1 aromatic heterocycles. The molecule has 1 aromatic carbocycles. The summed E-state index contributed by atoms with van der Waals surface area (Å²) in [5, 5.41) is 0. The number of hydrogen-bond donors (Lipinski definition) is 0. The molecule has 4 rings (SSSR count). The molecule has 7 heteroatoms. The number of carbonyl (C=O) groups is 2. The van der Waals surface area contributed by atoms with Crippen molar-refractivity contribution in [3.8, 4) is 5.75 Å². The molecule has 2 aromatic rings. The summed E-state index contributed by atoms with van der Waals surface area (Å²) in [5.41, 5.74) is 1.08. The van der Waals surface area contributed by atoms with Crippen LogP contribution in [0.25, 0.3) is 0 Å². The summed E-state index contributed by atoms with van der Waals surface area (Å²) in [5.74, 6) is 0.581. The molecule has 0 N–H and O–H groups in total. The minimum Gasteiger partial charge on any atom is -0.487 e. The maximum Gasteiger partial charge on any atom is 0.274 e. The molecule has 1 saturated carbocycles. The van der Waals surface area contributed by atoms with E-state index < -0.39 is 0 Å². The first-order valence-electron chi connectivity index (χ1n) is 11.8. The van der Waals surface area contributed by atoms with Gasteiger partial charge in [-0.25, -0.2) is 4.98 Å². The van der Waals surface area contributed by atoms with Gasteiger partial charge >= 0.3 is 0 Å². The lowest BCUT2D eigenvalue weighted by molar-refractivity contribution is 0.0264. The maximum atomic E-state index is 13.5. The van der Waals surface area contributed by atoms with E-state index in [0.717, 1.165) is 57.9 Å². The van der Waals surface area contributed by atoms with E-state index in [9.17, 15) is 9.59 Å². The van der Waals surface area contributed by atoms with Crippen LogP contribution >= 0.6 is 0 Å². The van der Waals surface area contributed by atoms with E-state index in [1.54, 1.807) is 17.4 Å². The van der Waals surface area contributed by atoms with E-state index in [1.165, 1.54) is 0 Å². The Morgan fingerprint density at radius 2 is 1.75 bits per heavy atom.